The number of hydrogen-bond donors (Lipinski definition) is 2. The molecule has 0 radical (unpaired) electrons. The maximum absolute atomic E-state index is 12.7. The summed E-state index contributed by atoms with van der Waals surface area (Å²) < 4.78 is 0. The fourth-order valence-corrected chi connectivity index (χ4v) is 3.50. The lowest BCUT2D eigenvalue weighted by Crippen LogP contribution is -2.53. The van der Waals surface area contributed by atoms with E-state index in [1.54, 1.807) is 6.92 Å². The Morgan fingerprint density at radius 2 is 1.70 bits per heavy atom. The van der Waals surface area contributed by atoms with Crippen LogP contribution in [0.5, 0.6) is 0 Å². The Hall–Kier alpha value is -1.63. The van der Waals surface area contributed by atoms with Crippen molar-refractivity contribution >= 4 is 17.8 Å². The van der Waals surface area contributed by atoms with Crippen LogP contribution in [0, 0.1) is 5.92 Å². The van der Waals surface area contributed by atoms with Gasteiger partial charge in [-0.3, -0.25) is 19.8 Å². The van der Waals surface area contributed by atoms with E-state index in [0.717, 1.165) is 45.3 Å². The zero-order chi connectivity index (χ0) is 16.8. The lowest BCUT2D eigenvalue weighted by atomic mass is 9.95. The third kappa shape index (κ3) is 4.92. The Labute approximate surface area is 137 Å². The van der Waals surface area contributed by atoms with Gasteiger partial charge in [0.2, 0.25) is 11.8 Å². The summed E-state index contributed by atoms with van der Waals surface area (Å²) in [7, 11) is 0. The summed E-state index contributed by atoms with van der Waals surface area (Å²) in [5, 5.41) is 2.12. The Morgan fingerprint density at radius 1 is 1.04 bits per heavy atom. The van der Waals surface area contributed by atoms with Crippen molar-refractivity contribution in [3.05, 3.63) is 0 Å². The number of carbonyl (C=O) groups excluding carboxylic acids is 3. The Morgan fingerprint density at radius 3 is 2.30 bits per heavy atom. The van der Waals surface area contributed by atoms with E-state index in [4.69, 9.17) is 5.73 Å². The average molecular weight is 324 g/mol. The molecule has 4 amide bonds. The molecule has 0 saturated carbocycles. The fourth-order valence-electron chi connectivity index (χ4n) is 3.50. The highest BCUT2D eigenvalue weighted by Gasteiger charge is 2.33. The summed E-state index contributed by atoms with van der Waals surface area (Å²) in [6, 6.07) is -1.29. The van der Waals surface area contributed by atoms with Crippen molar-refractivity contribution in [2.45, 2.75) is 51.5 Å². The number of amides is 4. The molecule has 3 N–H and O–H groups in total. The van der Waals surface area contributed by atoms with Gasteiger partial charge in [-0.05, 0) is 39.2 Å². The maximum Gasteiger partial charge on any atom is 0.318 e. The SMILES string of the molecule is C[C@H](C(=O)NC(N)=O)N1CCC[C@H](C(=O)N2CCCCCC2)C1. The van der Waals surface area contributed by atoms with Crippen molar-refractivity contribution in [1.82, 2.24) is 15.1 Å². The number of carbonyl (C=O) groups is 3. The number of likely N-dealkylation sites (tertiary alicyclic amines) is 2. The molecule has 0 aliphatic carbocycles. The van der Waals surface area contributed by atoms with Crippen LogP contribution in [0.1, 0.15) is 45.4 Å². The van der Waals surface area contributed by atoms with Gasteiger partial charge in [-0.25, -0.2) is 4.79 Å². The van der Waals surface area contributed by atoms with E-state index < -0.39 is 18.0 Å². The van der Waals surface area contributed by atoms with Gasteiger partial charge in [0.25, 0.3) is 0 Å². The Kier molecular flexibility index (Phi) is 6.38. The normalized spacial score (nSPS) is 24.6. The molecule has 0 spiro atoms. The van der Waals surface area contributed by atoms with Crippen molar-refractivity contribution in [2.24, 2.45) is 11.7 Å². The zero-order valence-corrected chi connectivity index (χ0v) is 13.9. The number of primary amides is 1. The second-order valence-electron chi connectivity index (χ2n) is 6.60. The molecule has 0 aromatic carbocycles. The molecule has 2 fully saturated rings. The number of urea groups is 1. The lowest BCUT2D eigenvalue weighted by Gasteiger charge is -2.37. The minimum atomic E-state index is -0.837. The van der Waals surface area contributed by atoms with Gasteiger partial charge in [-0.1, -0.05) is 12.8 Å². The van der Waals surface area contributed by atoms with E-state index in [2.05, 4.69) is 5.32 Å². The number of nitrogens with two attached hydrogens (primary N) is 1. The van der Waals surface area contributed by atoms with E-state index >= 15 is 0 Å². The standard InChI is InChI=1S/C16H28N4O3/c1-12(14(21)18-16(17)23)20-10-6-7-13(11-20)15(22)19-8-4-2-3-5-9-19/h12-13H,2-11H2,1H3,(H3,17,18,21,23)/t12-,13+/m1/s1. The highest BCUT2D eigenvalue weighted by Crippen LogP contribution is 2.22. The second kappa shape index (κ2) is 8.29. The van der Waals surface area contributed by atoms with Crippen molar-refractivity contribution < 1.29 is 14.4 Å². The van der Waals surface area contributed by atoms with Crippen LogP contribution in [0.4, 0.5) is 4.79 Å². The Bertz CT molecular complexity index is 447. The number of rotatable bonds is 3. The molecule has 2 saturated heterocycles. The van der Waals surface area contributed by atoms with E-state index in [1.165, 1.54) is 12.8 Å². The molecule has 2 aliphatic heterocycles. The highest BCUT2D eigenvalue weighted by atomic mass is 16.2. The van der Waals surface area contributed by atoms with Gasteiger partial charge in [-0.2, -0.15) is 0 Å². The number of hydrogen-bond acceptors (Lipinski definition) is 4. The minimum absolute atomic E-state index is 0.0503. The van der Waals surface area contributed by atoms with Crippen LogP contribution in [0.25, 0.3) is 0 Å². The van der Waals surface area contributed by atoms with E-state index in [-0.39, 0.29) is 11.8 Å². The summed E-state index contributed by atoms with van der Waals surface area (Å²) >= 11 is 0. The number of piperidine rings is 1. The maximum atomic E-state index is 12.7. The molecule has 7 nitrogen and oxygen atoms in total. The van der Waals surface area contributed by atoms with Gasteiger partial charge < -0.3 is 10.6 Å². The van der Waals surface area contributed by atoms with Crippen molar-refractivity contribution in [2.75, 3.05) is 26.2 Å². The van der Waals surface area contributed by atoms with Gasteiger partial charge in [0.1, 0.15) is 0 Å². The molecule has 0 unspecified atom stereocenters. The lowest BCUT2D eigenvalue weighted by molar-refractivity contribution is -0.139. The van der Waals surface area contributed by atoms with Gasteiger partial charge in [0.15, 0.2) is 0 Å². The van der Waals surface area contributed by atoms with Crippen LogP contribution in [-0.2, 0) is 9.59 Å². The van der Waals surface area contributed by atoms with Crippen molar-refractivity contribution in [3.8, 4) is 0 Å². The fraction of sp³-hybridized carbons (Fsp3) is 0.812. The molecule has 0 bridgehead atoms. The van der Waals surface area contributed by atoms with Gasteiger partial charge in [0, 0.05) is 19.6 Å². The third-order valence-electron chi connectivity index (χ3n) is 4.89. The van der Waals surface area contributed by atoms with Crippen LogP contribution >= 0.6 is 0 Å². The number of nitrogens with one attached hydrogen (secondary N) is 1. The van der Waals surface area contributed by atoms with Gasteiger partial charge in [-0.15, -0.1) is 0 Å². The number of nitrogens with zero attached hydrogens (tertiary/aromatic N) is 2. The van der Waals surface area contributed by atoms with Crippen LogP contribution in [0.2, 0.25) is 0 Å². The summed E-state index contributed by atoms with van der Waals surface area (Å²) in [5.74, 6) is -0.231. The zero-order valence-electron chi connectivity index (χ0n) is 13.9. The molecular weight excluding hydrogens is 296 g/mol. The van der Waals surface area contributed by atoms with E-state index in [1.807, 2.05) is 9.80 Å². The second-order valence-corrected chi connectivity index (χ2v) is 6.60. The molecule has 130 valence electrons. The van der Waals surface area contributed by atoms with E-state index in [9.17, 15) is 14.4 Å². The molecule has 0 aromatic heterocycles. The molecular formula is C16H28N4O3. The third-order valence-corrected chi connectivity index (χ3v) is 4.89. The first-order valence-corrected chi connectivity index (χ1v) is 8.62. The summed E-state index contributed by atoms with van der Waals surface area (Å²) in [5.41, 5.74) is 5.00. The first-order chi connectivity index (χ1) is 11.0. The molecule has 2 atom stereocenters. The van der Waals surface area contributed by atoms with Crippen LogP contribution in [-0.4, -0.2) is 59.9 Å². The Balaban J connectivity index is 1.92. The van der Waals surface area contributed by atoms with Gasteiger partial charge >= 0.3 is 6.03 Å². The van der Waals surface area contributed by atoms with Gasteiger partial charge in [0.05, 0.1) is 12.0 Å². The average Bonchev–Trinajstić information content (AvgIpc) is 2.82. The molecule has 2 heterocycles. The topological polar surface area (TPSA) is 95.7 Å². The highest BCUT2D eigenvalue weighted by molar-refractivity contribution is 5.96. The minimum Gasteiger partial charge on any atom is -0.351 e. The van der Waals surface area contributed by atoms with E-state index in [0.29, 0.717) is 6.54 Å². The molecule has 0 aromatic rings. The smallest absolute Gasteiger partial charge is 0.318 e. The largest absolute Gasteiger partial charge is 0.351 e. The summed E-state index contributed by atoms with van der Waals surface area (Å²) in [6.45, 7) is 4.79. The predicted octanol–water partition coefficient (Wildman–Crippen LogP) is 0.684. The monoisotopic (exact) mass is 324 g/mol. The quantitative estimate of drug-likeness (QED) is 0.798. The van der Waals surface area contributed by atoms with Crippen LogP contribution in [0.15, 0.2) is 0 Å². The van der Waals surface area contributed by atoms with Crippen LogP contribution in [0.3, 0.4) is 0 Å². The molecule has 2 aliphatic rings. The summed E-state index contributed by atoms with van der Waals surface area (Å²) in [4.78, 5) is 39.5. The molecule has 2 rings (SSSR count). The van der Waals surface area contributed by atoms with Crippen molar-refractivity contribution in [1.29, 1.82) is 0 Å². The first kappa shape index (κ1) is 17.7. The predicted molar refractivity (Wildman–Crippen MR) is 86.5 cm³/mol. The van der Waals surface area contributed by atoms with Crippen molar-refractivity contribution in [3.63, 3.8) is 0 Å². The summed E-state index contributed by atoms with van der Waals surface area (Å²) in [6.07, 6.45) is 6.32. The first-order valence-electron chi connectivity index (χ1n) is 8.62. The molecule has 23 heavy (non-hydrogen) atoms. The van der Waals surface area contributed by atoms with Crippen LogP contribution < -0.4 is 11.1 Å². The number of imide groups is 1. The molecule has 7 heteroatoms.